The molecule has 0 fully saturated rings. The maximum atomic E-state index is 12.2. The highest BCUT2D eigenvalue weighted by atomic mass is 16.1. The molecule has 26 heavy (non-hydrogen) atoms. The summed E-state index contributed by atoms with van der Waals surface area (Å²) in [5.41, 5.74) is 13.6. The number of H-pyrrole nitrogens is 1. The predicted molar refractivity (Wildman–Crippen MR) is 104 cm³/mol. The van der Waals surface area contributed by atoms with Crippen LogP contribution < -0.4 is 17.2 Å². The second-order valence-electron chi connectivity index (χ2n) is 6.40. The van der Waals surface area contributed by atoms with Crippen molar-refractivity contribution in [2.24, 2.45) is 11.5 Å². The number of benzene rings is 1. The monoisotopic (exact) mass is 354 g/mol. The van der Waals surface area contributed by atoms with Gasteiger partial charge in [-0.1, -0.05) is 12.1 Å². The van der Waals surface area contributed by atoms with E-state index in [1.54, 1.807) is 10.8 Å². The SMILES string of the molecule is NCCCN(CCCN)Cc1ccc(-n2cc3cc[nH]c3nc2=O)cc1. The molecule has 138 valence electrons. The molecule has 2 aromatic heterocycles. The van der Waals surface area contributed by atoms with Gasteiger partial charge in [0.25, 0.3) is 0 Å². The first-order chi connectivity index (χ1) is 12.7. The van der Waals surface area contributed by atoms with Crippen molar-refractivity contribution in [3.63, 3.8) is 0 Å². The highest BCUT2D eigenvalue weighted by Gasteiger charge is 2.07. The Bertz CT molecular complexity index is 875. The summed E-state index contributed by atoms with van der Waals surface area (Å²) in [6.45, 7) is 4.16. The van der Waals surface area contributed by atoms with Gasteiger partial charge >= 0.3 is 5.69 Å². The molecule has 3 rings (SSSR count). The summed E-state index contributed by atoms with van der Waals surface area (Å²) in [5.74, 6) is 0. The minimum atomic E-state index is -0.291. The van der Waals surface area contributed by atoms with E-state index in [2.05, 4.69) is 27.0 Å². The quantitative estimate of drug-likeness (QED) is 0.536. The Morgan fingerprint density at radius 2 is 1.73 bits per heavy atom. The molecule has 0 aliphatic rings. The number of fused-ring (bicyclic) bond motifs is 1. The van der Waals surface area contributed by atoms with E-state index in [0.717, 1.165) is 43.5 Å². The fourth-order valence-corrected chi connectivity index (χ4v) is 3.02. The Morgan fingerprint density at radius 3 is 2.38 bits per heavy atom. The summed E-state index contributed by atoms with van der Waals surface area (Å²) in [4.78, 5) is 21.6. The van der Waals surface area contributed by atoms with E-state index in [1.165, 1.54) is 5.56 Å². The van der Waals surface area contributed by atoms with Gasteiger partial charge in [-0.25, -0.2) is 4.79 Å². The molecule has 0 unspecified atom stereocenters. The van der Waals surface area contributed by atoms with Gasteiger partial charge in [0.2, 0.25) is 0 Å². The fraction of sp³-hybridized carbons (Fsp3) is 0.368. The van der Waals surface area contributed by atoms with Gasteiger partial charge in [-0.15, -0.1) is 0 Å². The molecule has 0 atom stereocenters. The van der Waals surface area contributed by atoms with Crippen LogP contribution in [0.1, 0.15) is 18.4 Å². The average Bonchev–Trinajstić information content (AvgIpc) is 3.11. The molecule has 0 saturated carbocycles. The van der Waals surface area contributed by atoms with Crippen LogP contribution in [0, 0.1) is 0 Å². The second kappa shape index (κ2) is 8.75. The predicted octanol–water partition coefficient (Wildman–Crippen LogP) is 1.21. The summed E-state index contributed by atoms with van der Waals surface area (Å²) < 4.78 is 1.57. The highest BCUT2D eigenvalue weighted by Crippen LogP contribution is 2.13. The van der Waals surface area contributed by atoms with E-state index >= 15 is 0 Å². The van der Waals surface area contributed by atoms with Gasteiger partial charge in [-0.3, -0.25) is 9.47 Å². The number of nitrogens with one attached hydrogen (secondary N) is 1. The number of hydrogen-bond donors (Lipinski definition) is 3. The van der Waals surface area contributed by atoms with Gasteiger partial charge < -0.3 is 16.5 Å². The Hall–Kier alpha value is -2.48. The molecule has 0 bridgehead atoms. The summed E-state index contributed by atoms with van der Waals surface area (Å²) in [6.07, 6.45) is 5.54. The van der Waals surface area contributed by atoms with Gasteiger partial charge in [0.15, 0.2) is 0 Å². The third-order valence-electron chi connectivity index (χ3n) is 4.42. The average molecular weight is 354 g/mol. The van der Waals surface area contributed by atoms with Gasteiger partial charge in [0.1, 0.15) is 5.65 Å². The molecule has 1 aromatic carbocycles. The Balaban J connectivity index is 1.76. The lowest BCUT2D eigenvalue weighted by molar-refractivity contribution is 0.262. The zero-order valence-corrected chi connectivity index (χ0v) is 14.9. The molecule has 7 nitrogen and oxygen atoms in total. The first-order valence-corrected chi connectivity index (χ1v) is 9.00. The first kappa shape index (κ1) is 18.3. The van der Waals surface area contributed by atoms with Crippen molar-refractivity contribution in [1.82, 2.24) is 19.4 Å². The molecule has 0 aliphatic carbocycles. The lowest BCUT2D eigenvalue weighted by Gasteiger charge is -2.22. The topological polar surface area (TPSA) is 106 Å². The zero-order valence-electron chi connectivity index (χ0n) is 14.9. The summed E-state index contributed by atoms with van der Waals surface area (Å²) in [6, 6.07) is 9.93. The standard InChI is InChI=1S/C19H26N6O/c20-8-1-11-24(12-2-9-21)13-15-3-5-17(6-4-15)25-14-16-7-10-22-18(16)23-19(25)26/h3-7,10,14H,1-2,8-9,11-13,20-21H2,(H,22,23,26). The van der Waals surface area contributed by atoms with E-state index in [1.807, 2.05) is 24.4 Å². The van der Waals surface area contributed by atoms with Crippen LogP contribution in [0.5, 0.6) is 0 Å². The molecular formula is C19H26N6O. The Morgan fingerprint density at radius 1 is 1.04 bits per heavy atom. The third kappa shape index (κ3) is 4.37. The number of aromatic amines is 1. The van der Waals surface area contributed by atoms with Gasteiger partial charge in [-0.05, 0) is 62.8 Å². The lowest BCUT2D eigenvalue weighted by Crippen LogP contribution is -2.28. The molecule has 0 radical (unpaired) electrons. The van der Waals surface area contributed by atoms with Crippen molar-refractivity contribution in [2.75, 3.05) is 26.2 Å². The van der Waals surface area contributed by atoms with Crippen molar-refractivity contribution in [3.8, 4) is 5.69 Å². The molecular weight excluding hydrogens is 328 g/mol. The van der Waals surface area contributed by atoms with E-state index in [9.17, 15) is 4.79 Å². The van der Waals surface area contributed by atoms with Crippen molar-refractivity contribution in [2.45, 2.75) is 19.4 Å². The molecule has 0 amide bonds. The maximum absolute atomic E-state index is 12.2. The van der Waals surface area contributed by atoms with Crippen LogP contribution >= 0.6 is 0 Å². The number of nitrogens with zero attached hydrogens (tertiary/aromatic N) is 3. The van der Waals surface area contributed by atoms with Crippen LogP contribution in [0.4, 0.5) is 0 Å². The molecule has 2 heterocycles. The summed E-state index contributed by atoms with van der Waals surface area (Å²) in [5, 5.41) is 0.906. The molecule has 0 saturated heterocycles. The minimum absolute atomic E-state index is 0.291. The second-order valence-corrected chi connectivity index (χ2v) is 6.40. The number of aromatic nitrogens is 3. The zero-order chi connectivity index (χ0) is 18.4. The van der Waals surface area contributed by atoms with E-state index in [-0.39, 0.29) is 5.69 Å². The first-order valence-electron chi connectivity index (χ1n) is 9.00. The van der Waals surface area contributed by atoms with E-state index in [0.29, 0.717) is 18.7 Å². The summed E-state index contributed by atoms with van der Waals surface area (Å²) >= 11 is 0. The Kier molecular flexibility index (Phi) is 6.17. The van der Waals surface area contributed by atoms with E-state index in [4.69, 9.17) is 11.5 Å². The van der Waals surface area contributed by atoms with Gasteiger partial charge in [-0.2, -0.15) is 4.98 Å². The van der Waals surface area contributed by atoms with Crippen LogP contribution in [0.3, 0.4) is 0 Å². The van der Waals surface area contributed by atoms with Crippen LogP contribution in [0.2, 0.25) is 0 Å². The van der Waals surface area contributed by atoms with Gasteiger partial charge in [0.05, 0.1) is 5.69 Å². The third-order valence-corrected chi connectivity index (χ3v) is 4.42. The molecule has 3 aromatic rings. The molecule has 7 heteroatoms. The van der Waals surface area contributed by atoms with E-state index < -0.39 is 0 Å². The lowest BCUT2D eigenvalue weighted by atomic mass is 10.1. The van der Waals surface area contributed by atoms with Crippen LogP contribution in [0.15, 0.2) is 47.5 Å². The summed E-state index contributed by atoms with van der Waals surface area (Å²) in [7, 11) is 0. The van der Waals surface area contributed by atoms with Crippen molar-refractivity contribution >= 4 is 11.0 Å². The van der Waals surface area contributed by atoms with Crippen LogP contribution in [-0.2, 0) is 6.54 Å². The number of rotatable bonds is 9. The normalized spacial score (nSPS) is 11.5. The molecule has 5 N–H and O–H groups in total. The van der Waals surface area contributed by atoms with Gasteiger partial charge in [0, 0.05) is 24.3 Å². The number of hydrogen-bond acceptors (Lipinski definition) is 5. The van der Waals surface area contributed by atoms with Crippen LogP contribution in [-0.4, -0.2) is 45.6 Å². The smallest absolute Gasteiger partial charge is 0.346 e. The van der Waals surface area contributed by atoms with Crippen molar-refractivity contribution in [1.29, 1.82) is 0 Å². The van der Waals surface area contributed by atoms with Crippen LogP contribution in [0.25, 0.3) is 16.7 Å². The highest BCUT2D eigenvalue weighted by molar-refractivity contribution is 5.74. The minimum Gasteiger partial charge on any atom is -0.346 e. The Labute approximate surface area is 152 Å². The largest absolute Gasteiger partial charge is 0.354 e. The molecule has 0 aliphatic heterocycles. The van der Waals surface area contributed by atoms with Crippen molar-refractivity contribution in [3.05, 3.63) is 58.8 Å². The number of nitrogens with two attached hydrogens (primary N) is 2. The maximum Gasteiger partial charge on any atom is 0.354 e. The fourth-order valence-electron chi connectivity index (χ4n) is 3.02. The molecule has 0 spiro atoms. The van der Waals surface area contributed by atoms with Crippen molar-refractivity contribution < 1.29 is 0 Å².